The number of aromatic nitrogens is 1. The SMILES string of the molecule is CC(Nc1ccccc1C(C)(C)C)c1nccs1. The summed E-state index contributed by atoms with van der Waals surface area (Å²) in [4.78, 5) is 4.36. The second-order valence-electron chi connectivity index (χ2n) is 5.53. The normalized spacial score (nSPS) is 13.3. The summed E-state index contributed by atoms with van der Waals surface area (Å²) in [6, 6.07) is 8.75. The van der Waals surface area contributed by atoms with Gasteiger partial charge < -0.3 is 5.32 Å². The summed E-state index contributed by atoms with van der Waals surface area (Å²) < 4.78 is 0. The van der Waals surface area contributed by atoms with Crippen LogP contribution in [0.2, 0.25) is 0 Å². The van der Waals surface area contributed by atoms with E-state index in [-0.39, 0.29) is 11.5 Å². The second kappa shape index (κ2) is 5.11. The molecule has 0 aliphatic heterocycles. The number of thiazole rings is 1. The third-order valence-corrected chi connectivity index (χ3v) is 3.89. The molecule has 0 aliphatic rings. The molecule has 18 heavy (non-hydrogen) atoms. The van der Waals surface area contributed by atoms with Crippen molar-refractivity contribution in [2.24, 2.45) is 0 Å². The minimum absolute atomic E-state index is 0.145. The smallest absolute Gasteiger partial charge is 0.115 e. The molecule has 0 saturated heterocycles. The van der Waals surface area contributed by atoms with Crippen molar-refractivity contribution in [3.63, 3.8) is 0 Å². The first kappa shape index (κ1) is 13.1. The second-order valence-corrected chi connectivity index (χ2v) is 6.46. The van der Waals surface area contributed by atoms with E-state index in [0.29, 0.717) is 0 Å². The number of hydrogen-bond acceptors (Lipinski definition) is 3. The van der Waals surface area contributed by atoms with Crippen molar-refractivity contribution in [3.05, 3.63) is 46.4 Å². The van der Waals surface area contributed by atoms with Crippen molar-refractivity contribution < 1.29 is 0 Å². The zero-order valence-electron chi connectivity index (χ0n) is 11.4. The van der Waals surface area contributed by atoms with E-state index >= 15 is 0 Å². The summed E-state index contributed by atoms with van der Waals surface area (Å²) in [5.41, 5.74) is 2.69. The van der Waals surface area contributed by atoms with Crippen LogP contribution in [0.25, 0.3) is 0 Å². The summed E-state index contributed by atoms with van der Waals surface area (Å²) >= 11 is 1.69. The summed E-state index contributed by atoms with van der Waals surface area (Å²) in [5.74, 6) is 0. The minimum atomic E-state index is 0.145. The Morgan fingerprint density at radius 3 is 2.56 bits per heavy atom. The van der Waals surface area contributed by atoms with Crippen LogP contribution in [0.1, 0.15) is 44.3 Å². The molecule has 1 atom stereocenters. The van der Waals surface area contributed by atoms with Gasteiger partial charge in [-0.3, -0.25) is 0 Å². The molecule has 0 fully saturated rings. The first-order valence-electron chi connectivity index (χ1n) is 6.24. The maximum Gasteiger partial charge on any atom is 0.115 e. The number of para-hydroxylation sites is 1. The fourth-order valence-electron chi connectivity index (χ4n) is 2.01. The fourth-order valence-corrected chi connectivity index (χ4v) is 2.65. The van der Waals surface area contributed by atoms with E-state index in [9.17, 15) is 0 Å². The Kier molecular flexibility index (Phi) is 3.71. The minimum Gasteiger partial charge on any atom is -0.376 e. The number of nitrogens with one attached hydrogen (secondary N) is 1. The Morgan fingerprint density at radius 2 is 1.94 bits per heavy atom. The van der Waals surface area contributed by atoms with Crippen molar-refractivity contribution >= 4 is 17.0 Å². The highest BCUT2D eigenvalue weighted by Crippen LogP contribution is 2.31. The molecule has 0 bridgehead atoms. The molecule has 96 valence electrons. The van der Waals surface area contributed by atoms with Gasteiger partial charge in [-0.2, -0.15) is 0 Å². The summed E-state index contributed by atoms with van der Waals surface area (Å²) in [5, 5.41) is 6.71. The van der Waals surface area contributed by atoms with E-state index in [1.807, 2.05) is 11.6 Å². The summed E-state index contributed by atoms with van der Waals surface area (Å²) in [7, 11) is 0. The van der Waals surface area contributed by atoms with Crippen molar-refractivity contribution in [2.75, 3.05) is 5.32 Å². The van der Waals surface area contributed by atoms with Crippen LogP contribution >= 0.6 is 11.3 Å². The van der Waals surface area contributed by atoms with Crippen LogP contribution in [0.3, 0.4) is 0 Å². The summed E-state index contributed by atoms with van der Waals surface area (Å²) in [6.45, 7) is 8.86. The van der Waals surface area contributed by atoms with Crippen LogP contribution in [0.15, 0.2) is 35.8 Å². The lowest BCUT2D eigenvalue weighted by Crippen LogP contribution is -2.16. The molecule has 0 amide bonds. The fraction of sp³-hybridized carbons (Fsp3) is 0.400. The van der Waals surface area contributed by atoms with Crippen molar-refractivity contribution in [1.29, 1.82) is 0 Å². The maximum absolute atomic E-state index is 4.36. The Balaban J connectivity index is 2.24. The lowest BCUT2D eigenvalue weighted by molar-refractivity contribution is 0.590. The van der Waals surface area contributed by atoms with Gasteiger partial charge in [-0.1, -0.05) is 39.0 Å². The predicted molar refractivity (Wildman–Crippen MR) is 79.3 cm³/mol. The highest BCUT2D eigenvalue weighted by molar-refractivity contribution is 7.09. The number of hydrogen-bond donors (Lipinski definition) is 1. The van der Waals surface area contributed by atoms with Crippen molar-refractivity contribution in [2.45, 2.75) is 39.2 Å². The Bertz CT molecular complexity index is 497. The Morgan fingerprint density at radius 1 is 1.22 bits per heavy atom. The molecule has 0 aliphatic carbocycles. The number of nitrogens with zero attached hydrogens (tertiary/aromatic N) is 1. The van der Waals surface area contributed by atoms with E-state index in [2.05, 4.69) is 62.3 Å². The van der Waals surface area contributed by atoms with Crippen LogP contribution < -0.4 is 5.32 Å². The topological polar surface area (TPSA) is 24.9 Å². The maximum atomic E-state index is 4.36. The highest BCUT2D eigenvalue weighted by atomic mass is 32.1. The molecule has 1 unspecified atom stereocenters. The van der Waals surface area contributed by atoms with Gasteiger partial charge in [-0.25, -0.2) is 4.98 Å². The van der Waals surface area contributed by atoms with Crippen molar-refractivity contribution in [3.8, 4) is 0 Å². The molecule has 2 aromatic rings. The number of rotatable bonds is 3. The van der Waals surface area contributed by atoms with E-state index in [1.165, 1.54) is 11.3 Å². The van der Waals surface area contributed by atoms with Crippen LogP contribution in [-0.4, -0.2) is 4.98 Å². The van der Waals surface area contributed by atoms with Crippen molar-refractivity contribution in [1.82, 2.24) is 4.98 Å². The average Bonchev–Trinajstić information content (AvgIpc) is 2.81. The van der Waals surface area contributed by atoms with Gasteiger partial charge in [0.2, 0.25) is 0 Å². The average molecular weight is 260 g/mol. The first-order valence-corrected chi connectivity index (χ1v) is 7.12. The Hall–Kier alpha value is -1.35. The number of anilines is 1. The molecule has 2 rings (SSSR count). The van der Waals surface area contributed by atoms with Crippen LogP contribution in [0.5, 0.6) is 0 Å². The van der Waals surface area contributed by atoms with Gasteiger partial charge in [0.05, 0.1) is 6.04 Å². The molecule has 1 N–H and O–H groups in total. The number of benzene rings is 1. The molecule has 0 radical (unpaired) electrons. The van der Waals surface area contributed by atoms with Crippen LogP contribution in [-0.2, 0) is 5.41 Å². The standard InChI is InChI=1S/C15H20N2S/c1-11(14-16-9-10-18-14)17-13-8-6-5-7-12(13)15(2,3)4/h5-11,17H,1-4H3. The van der Waals surface area contributed by atoms with Gasteiger partial charge in [0.15, 0.2) is 0 Å². The van der Waals surface area contributed by atoms with Gasteiger partial charge in [-0.05, 0) is 24.0 Å². The third kappa shape index (κ3) is 2.91. The molecule has 3 heteroatoms. The molecular weight excluding hydrogens is 240 g/mol. The molecule has 0 spiro atoms. The zero-order chi connectivity index (χ0) is 13.2. The van der Waals surface area contributed by atoms with E-state index in [0.717, 1.165) is 5.01 Å². The Labute approximate surface area is 113 Å². The lowest BCUT2D eigenvalue weighted by Gasteiger charge is -2.25. The van der Waals surface area contributed by atoms with Crippen LogP contribution in [0.4, 0.5) is 5.69 Å². The van der Waals surface area contributed by atoms with Gasteiger partial charge in [0.25, 0.3) is 0 Å². The monoisotopic (exact) mass is 260 g/mol. The van der Waals surface area contributed by atoms with E-state index in [1.54, 1.807) is 11.3 Å². The quantitative estimate of drug-likeness (QED) is 0.871. The molecule has 0 saturated carbocycles. The summed E-state index contributed by atoms with van der Waals surface area (Å²) in [6.07, 6.45) is 1.86. The van der Waals surface area contributed by atoms with E-state index < -0.39 is 0 Å². The van der Waals surface area contributed by atoms with Gasteiger partial charge in [0.1, 0.15) is 5.01 Å². The first-order chi connectivity index (χ1) is 8.48. The highest BCUT2D eigenvalue weighted by Gasteiger charge is 2.18. The molecule has 1 aromatic carbocycles. The van der Waals surface area contributed by atoms with E-state index in [4.69, 9.17) is 0 Å². The molecule has 1 heterocycles. The van der Waals surface area contributed by atoms with Gasteiger partial charge >= 0.3 is 0 Å². The van der Waals surface area contributed by atoms with Gasteiger partial charge in [-0.15, -0.1) is 11.3 Å². The molecular formula is C15H20N2S. The largest absolute Gasteiger partial charge is 0.376 e. The molecule has 1 aromatic heterocycles. The van der Waals surface area contributed by atoms with Gasteiger partial charge in [0, 0.05) is 17.3 Å². The zero-order valence-corrected chi connectivity index (χ0v) is 12.2. The van der Waals surface area contributed by atoms with Crippen LogP contribution in [0, 0.1) is 0 Å². The third-order valence-electron chi connectivity index (χ3n) is 2.93. The lowest BCUT2D eigenvalue weighted by atomic mass is 9.85. The molecule has 2 nitrogen and oxygen atoms in total. The predicted octanol–water partition coefficient (Wildman–Crippen LogP) is 4.61.